The Morgan fingerprint density at radius 1 is 1.43 bits per heavy atom. The lowest BCUT2D eigenvalue weighted by Gasteiger charge is -2.05. The van der Waals surface area contributed by atoms with Crippen molar-refractivity contribution in [3.8, 4) is 11.8 Å². The van der Waals surface area contributed by atoms with Gasteiger partial charge in [0.1, 0.15) is 4.88 Å². The van der Waals surface area contributed by atoms with Crippen LogP contribution in [0.3, 0.4) is 0 Å². The van der Waals surface area contributed by atoms with E-state index < -0.39 is 0 Å². The summed E-state index contributed by atoms with van der Waals surface area (Å²) in [5.74, 6) is 5.44. The van der Waals surface area contributed by atoms with E-state index in [1.165, 1.54) is 11.3 Å². The van der Waals surface area contributed by atoms with Crippen LogP contribution in [0.4, 0.5) is 0 Å². The van der Waals surface area contributed by atoms with E-state index >= 15 is 0 Å². The number of nitrogens with one attached hydrogen (secondary N) is 2. The molecule has 0 radical (unpaired) electrons. The Hall–Kier alpha value is -1.84. The van der Waals surface area contributed by atoms with Crippen LogP contribution in [0.25, 0.3) is 0 Å². The zero-order valence-corrected chi connectivity index (χ0v) is 12.5. The van der Waals surface area contributed by atoms with Crippen molar-refractivity contribution < 1.29 is 14.7 Å². The molecule has 0 aromatic carbocycles. The Kier molecular flexibility index (Phi) is 5.78. The molecule has 0 bridgehead atoms. The number of hydrogen-bond acceptors (Lipinski definition) is 4. The van der Waals surface area contributed by atoms with E-state index in [1.54, 1.807) is 11.4 Å². The molecule has 3 N–H and O–H groups in total. The van der Waals surface area contributed by atoms with Crippen LogP contribution in [-0.2, 0) is 4.79 Å². The van der Waals surface area contributed by atoms with Crippen molar-refractivity contribution in [2.75, 3.05) is 13.2 Å². The predicted molar refractivity (Wildman–Crippen MR) is 81.0 cm³/mol. The summed E-state index contributed by atoms with van der Waals surface area (Å²) < 4.78 is 0. The highest BCUT2D eigenvalue weighted by Crippen LogP contribution is 2.18. The van der Waals surface area contributed by atoms with Gasteiger partial charge in [0.15, 0.2) is 0 Å². The van der Waals surface area contributed by atoms with Crippen LogP contribution in [-0.4, -0.2) is 36.1 Å². The van der Waals surface area contributed by atoms with Gasteiger partial charge in [-0.15, -0.1) is 11.3 Å². The zero-order chi connectivity index (χ0) is 15.1. The second-order valence-electron chi connectivity index (χ2n) is 4.79. The van der Waals surface area contributed by atoms with Crippen LogP contribution in [0, 0.1) is 11.8 Å². The molecule has 0 atom stereocenters. The number of aliphatic hydroxyl groups is 1. The fourth-order valence-corrected chi connectivity index (χ4v) is 2.46. The lowest BCUT2D eigenvalue weighted by Crippen LogP contribution is -2.31. The molecule has 0 aliphatic heterocycles. The molecule has 6 heteroatoms. The standard InChI is InChI=1S/C15H18N2O3S/c18-9-2-1-3-11-7-10-21-14(11)15(20)16-8-6-13(19)17-12-4-5-12/h7,10,12,18H,2,4-6,8-9H2,(H,16,20)(H,17,19). The molecule has 1 fully saturated rings. The Morgan fingerprint density at radius 2 is 2.24 bits per heavy atom. The molecular formula is C15H18N2O3S. The van der Waals surface area contributed by atoms with E-state index in [9.17, 15) is 9.59 Å². The normalized spacial score (nSPS) is 13.2. The van der Waals surface area contributed by atoms with Crippen LogP contribution < -0.4 is 10.6 Å². The topological polar surface area (TPSA) is 78.4 Å². The minimum Gasteiger partial charge on any atom is -0.395 e. The number of thiophene rings is 1. The van der Waals surface area contributed by atoms with Gasteiger partial charge in [0.25, 0.3) is 5.91 Å². The molecule has 1 aromatic heterocycles. The molecule has 0 saturated heterocycles. The first-order valence-corrected chi connectivity index (χ1v) is 7.83. The molecule has 5 nitrogen and oxygen atoms in total. The maximum absolute atomic E-state index is 12.0. The Balaban J connectivity index is 1.79. The SMILES string of the molecule is O=C(CCNC(=O)c1sccc1C#CCCO)NC1CC1. The lowest BCUT2D eigenvalue weighted by atomic mass is 10.2. The summed E-state index contributed by atoms with van der Waals surface area (Å²) in [5, 5.41) is 16.1. The molecule has 0 spiro atoms. The van der Waals surface area contributed by atoms with Crippen molar-refractivity contribution in [3.05, 3.63) is 21.9 Å². The van der Waals surface area contributed by atoms with Crippen LogP contribution >= 0.6 is 11.3 Å². The van der Waals surface area contributed by atoms with E-state index in [0.29, 0.717) is 35.9 Å². The Bertz CT molecular complexity index is 567. The number of rotatable bonds is 6. The van der Waals surface area contributed by atoms with Crippen LogP contribution in [0.1, 0.15) is 40.9 Å². The summed E-state index contributed by atoms with van der Waals surface area (Å²) in [5.41, 5.74) is 0.661. The predicted octanol–water partition coefficient (Wildman–Crippen LogP) is 0.881. The highest BCUT2D eigenvalue weighted by atomic mass is 32.1. The Morgan fingerprint density at radius 3 is 2.95 bits per heavy atom. The minimum absolute atomic E-state index is 0.00870. The van der Waals surface area contributed by atoms with Gasteiger partial charge in [-0.1, -0.05) is 11.8 Å². The van der Waals surface area contributed by atoms with Crippen molar-refractivity contribution in [1.82, 2.24) is 10.6 Å². The van der Waals surface area contributed by atoms with Crippen molar-refractivity contribution in [3.63, 3.8) is 0 Å². The van der Waals surface area contributed by atoms with Crippen molar-refractivity contribution in [1.29, 1.82) is 0 Å². The summed E-state index contributed by atoms with van der Waals surface area (Å²) in [7, 11) is 0. The van der Waals surface area contributed by atoms with E-state index in [1.807, 2.05) is 0 Å². The number of hydrogen-bond donors (Lipinski definition) is 3. The molecule has 1 heterocycles. The summed E-state index contributed by atoms with van der Waals surface area (Å²) in [6, 6.07) is 2.13. The van der Waals surface area contributed by atoms with Gasteiger partial charge in [-0.05, 0) is 24.3 Å². The monoisotopic (exact) mass is 306 g/mol. The lowest BCUT2D eigenvalue weighted by molar-refractivity contribution is -0.121. The summed E-state index contributed by atoms with van der Waals surface area (Å²) in [6.07, 6.45) is 2.80. The van der Waals surface area contributed by atoms with Gasteiger partial charge in [-0.25, -0.2) is 0 Å². The molecular weight excluding hydrogens is 288 g/mol. The number of carbonyl (C=O) groups is 2. The van der Waals surface area contributed by atoms with Gasteiger partial charge < -0.3 is 15.7 Å². The maximum Gasteiger partial charge on any atom is 0.262 e. The van der Waals surface area contributed by atoms with Gasteiger partial charge in [0.2, 0.25) is 5.91 Å². The first kappa shape index (κ1) is 15.5. The number of amides is 2. The summed E-state index contributed by atoms with van der Waals surface area (Å²) >= 11 is 1.32. The van der Waals surface area contributed by atoms with Gasteiger partial charge in [0.05, 0.1) is 6.61 Å². The fraction of sp³-hybridized carbons (Fsp3) is 0.467. The van der Waals surface area contributed by atoms with E-state index in [4.69, 9.17) is 5.11 Å². The molecule has 1 aromatic rings. The van der Waals surface area contributed by atoms with Crippen molar-refractivity contribution in [2.24, 2.45) is 0 Å². The fourth-order valence-electron chi connectivity index (χ4n) is 1.69. The molecule has 1 aliphatic rings. The van der Waals surface area contributed by atoms with Gasteiger partial charge >= 0.3 is 0 Å². The highest BCUT2D eigenvalue weighted by molar-refractivity contribution is 7.12. The van der Waals surface area contributed by atoms with E-state index in [0.717, 1.165) is 12.8 Å². The van der Waals surface area contributed by atoms with Crippen LogP contribution in [0.15, 0.2) is 11.4 Å². The third-order valence-corrected chi connectivity index (χ3v) is 3.82. The molecule has 2 rings (SSSR count). The van der Waals surface area contributed by atoms with E-state index in [-0.39, 0.29) is 18.4 Å². The molecule has 1 aliphatic carbocycles. The average Bonchev–Trinajstić information content (AvgIpc) is 3.14. The zero-order valence-electron chi connectivity index (χ0n) is 11.6. The average molecular weight is 306 g/mol. The molecule has 21 heavy (non-hydrogen) atoms. The van der Waals surface area contributed by atoms with Crippen LogP contribution in [0.5, 0.6) is 0 Å². The van der Waals surface area contributed by atoms with Crippen molar-refractivity contribution >= 4 is 23.2 Å². The quantitative estimate of drug-likeness (QED) is 0.683. The molecule has 112 valence electrons. The largest absolute Gasteiger partial charge is 0.395 e. The van der Waals surface area contributed by atoms with E-state index in [2.05, 4.69) is 22.5 Å². The smallest absolute Gasteiger partial charge is 0.262 e. The van der Waals surface area contributed by atoms with Gasteiger partial charge in [0, 0.05) is 31.0 Å². The summed E-state index contributed by atoms with van der Waals surface area (Å²) in [6.45, 7) is 0.327. The third kappa shape index (κ3) is 5.21. The maximum atomic E-state index is 12.0. The molecule has 0 unspecified atom stereocenters. The van der Waals surface area contributed by atoms with Crippen LogP contribution in [0.2, 0.25) is 0 Å². The molecule has 1 saturated carbocycles. The number of aliphatic hydroxyl groups excluding tert-OH is 1. The Labute approximate surface area is 127 Å². The first-order valence-electron chi connectivity index (χ1n) is 6.95. The summed E-state index contributed by atoms with van der Waals surface area (Å²) in [4.78, 5) is 24.1. The van der Waals surface area contributed by atoms with Gasteiger partial charge in [-0.3, -0.25) is 9.59 Å². The molecule has 2 amide bonds. The van der Waals surface area contributed by atoms with Crippen molar-refractivity contribution in [2.45, 2.75) is 31.7 Å². The number of carbonyl (C=O) groups excluding carboxylic acids is 2. The first-order chi connectivity index (χ1) is 10.2. The van der Waals surface area contributed by atoms with Gasteiger partial charge in [-0.2, -0.15) is 0 Å². The minimum atomic E-state index is -0.211. The third-order valence-electron chi connectivity index (χ3n) is 2.91. The highest BCUT2D eigenvalue weighted by Gasteiger charge is 2.22. The second-order valence-corrected chi connectivity index (χ2v) is 5.70. The second kappa shape index (κ2) is 7.81.